The number of carbonyl (C=O) groups is 3. The van der Waals surface area contributed by atoms with Gasteiger partial charge in [0.05, 0.1) is 0 Å². The fraction of sp³-hybridized carbons (Fsp3) is 0.286. The quantitative estimate of drug-likeness (QED) is 0.840. The van der Waals surface area contributed by atoms with E-state index < -0.39 is 0 Å². The summed E-state index contributed by atoms with van der Waals surface area (Å²) in [4.78, 5) is 38.1. The van der Waals surface area contributed by atoms with Crippen LogP contribution >= 0.6 is 0 Å². The Morgan fingerprint density at radius 2 is 1.67 bits per heavy atom. The van der Waals surface area contributed by atoms with Gasteiger partial charge in [-0.25, -0.2) is 4.39 Å². The summed E-state index contributed by atoms with van der Waals surface area (Å²) in [6.07, 6.45) is 1.12. The second-order valence-electron chi connectivity index (χ2n) is 6.70. The zero-order valence-corrected chi connectivity index (χ0v) is 15.1. The van der Waals surface area contributed by atoms with Gasteiger partial charge in [-0.05, 0) is 56.2 Å². The first-order valence-electron chi connectivity index (χ1n) is 8.91. The summed E-state index contributed by atoms with van der Waals surface area (Å²) >= 11 is 0. The number of nitrogens with one attached hydrogen (secondary N) is 1. The van der Waals surface area contributed by atoms with Crippen molar-refractivity contribution in [2.24, 2.45) is 5.92 Å². The van der Waals surface area contributed by atoms with Gasteiger partial charge in [-0.2, -0.15) is 0 Å². The van der Waals surface area contributed by atoms with Gasteiger partial charge in [0.2, 0.25) is 5.91 Å². The first-order valence-corrected chi connectivity index (χ1v) is 8.91. The number of nitrogens with zero attached hydrogens (tertiary/aromatic N) is 1. The fourth-order valence-electron chi connectivity index (χ4n) is 3.18. The Hall–Kier alpha value is -3.02. The van der Waals surface area contributed by atoms with Crippen molar-refractivity contribution in [1.82, 2.24) is 4.90 Å². The maximum Gasteiger partial charge on any atom is 0.253 e. The van der Waals surface area contributed by atoms with E-state index >= 15 is 0 Å². The number of amides is 2. The largest absolute Gasteiger partial charge is 0.339 e. The van der Waals surface area contributed by atoms with Crippen LogP contribution in [0.25, 0.3) is 0 Å². The van der Waals surface area contributed by atoms with Crippen LogP contribution in [0, 0.1) is 11.7 Å². The molecule has 1 aliphatic heterocycles. The molecule has 1 saturated heterocycles. The summed E-state index contributed by atoms with van der Waals surface area (Å²) in [5, 5.41) is 2.85. The van der Waals surface area contributed by atoms with Crippen molar-refractivity contribution in [2.45, 2.75) is 19.8 Å². The van der Waals surface area contributed by atoms with E-state index in [0.29, 0.717) is 42.7 Å². The number of ketones is 1. The van der Waals surface area contributed by atoms with E-state index in [9.17, 15) is 18.8 Å². The van der Waals surface area contributed by atoms with Crippen LogP contribution in [0.5, 0.6) is 0 Å². The number of Topliss-reactive ketones (excluding diaryl/α,β-unsaturated/α-hetero) is 1. The van der Waals surface area contributed by atoms with Crippen molar-refractivity contribution in [3.63, 3.8) is 0 Å². The summed E-state index contributed by atoms with van der Waals surface area (Å²) in [5.41, 5.74) is 1.59. The van der Waals surface area contributed by atoms with E-state index in [1.807, 2.05) is 0 Å². The Morgan fingerprint density at radius 1 is 1.00 bits per heavy atom. The predicted molar refractivity (Wildman–Crippen MR) is 100 cm³/mol. The number of carbonyl (C=O) groups excluding carboxylic acids is 3. The number of piperidine rings is 1. The summed E-state index contributed by atoms with van der Waals surface area (Å²) in [5.74, 6) is -0.884. The molecule has 2 aromatic carbocycles. The molecule has 1 heterocycles. The van der Waals surface area contributed by atoms with Gasteiger partial charge < -0.3 is 10.2 Å². The van der Waals surface area contributed by atoms with Crippen LogP contribution in [0.3, 0.4) is 0 Å². The van der Waals surface area contributed by atoms with Gasteiger partial charge >= 0.3 is 0 Å². The summed E-state index contributed by atoms with van der Waals surface area (Å²) in [6, 6.07) is 12.3. The molecule has 1 fully saturated rings. The van der Waals surface area contributed by atoms with Crippen LogP contribution in [-0.4, -0.2) is 35.6 Å². The molecule has 2 amide bonds. The summed E-state index contributed by atoms with van der Waals surface area (Å²) in [7, 11) is 0. The van der Waals surface area contributed by atoms with E-state index in [1.54, 1.807) is 29.2 Å². The predicted octanol–water partition coefficient (Wildman–Crippen LogP) is 3.52. The van der Waals surface area contributed by atoms with Gasteiger partial charge in [0, 0.05) is 35.8 Å². The minimum atomic E-state index is -0.379. The molecule has 0 radical (unpaired) electrons. The highest BCUT2D eigenvalue weighted by Crippen LogP contribution is 2.21. The molecule has 27 heavy (non-hydrogen) atoms. The molecule has 2 aromatic rings. The molecule has 6 heteroatoms. The lowest BCUT2D eigenvalue weighted by molar-refractivity contribution is -0.121. The Bertz CT molecular complexity index is 856. The highest BCUT2D eigenvalue weighted by Gasteiger charge is 2.28. The average molecular weight is 368 g/mol. The van der Waals surface area contributed by atoms with Crippen molar-refractivity contribution in [2.75, 3.05) is 18.4 Å². The first-order chi connectivity index (χ1) is 12.9. The van der Waals surface area contributed by atoms with Crippen molar-refractivity contribution < 1.29 is 18.8 Å². The van der Waals surface area contributed by atoms with Crippen LogP contribution in [0.1, 0.15) is 40.5 Å². The molecule has 140 valence electrons. The SMILES string of the molecule is CC(=O)c1cccc(NC(=O)C2CCN(C(=O)c3ccc(F)cc3)CC2)c1. The lowest BCUT2D eigenvalue weighted by Crippen LogP contribution is -2.41. The molecule has 0 saturated carbocycles. The zero-order chi connectivity index (χ0) is 19.4. The van der Waals surface area contributed by atoms with Gasteiger partial charge in [-0.1, -0.05) is 12.1 Å². The zero-order valence-electron chi connectivity index (χ0n) is 15.1. The van der Waals surface area contributed by atoms with E-state index in [1.165, 1.54) is 31.2 Å². The molecule has 0 aromatic heterocycles. The first kappa shape index (κ1) is 18.8. The molecular formula is C21H21FN2O3. The van der Waals surface area contributed by atoms with Crippen LogP contribution in [0.15, 0.2) is 48.5 Å². The number of hydrogen-bond acceptors (Lipinski definition) is 3. The molecule has 1 N–H and O–H groups in total. The Balaban J connectivity index is 1.56. The van der Waals surface area contributed by atoms with Crippen LogP contribution in [-0.2, 0) is 4.79 Å². The number of rotatable bonds is 4. The Labute approximate surface area is 157 Å². The standard InChI is InChI=1S/C21H21FN2O3/c1-14(25)17-3-2-4-19(13-17)23-20(26)15-9-11-24(12-10-15)21(27)16-5-7-18(22)8-6-16/h2-8,13,15H,9-12H2,1H3,(H,23,26). The van der Waals surface area contributed by atoms with Crippen molar-refractivity contribution >= 4 is 23.3 Å². The number of anilines is 1. The highest BCUT2D eigenvalue weighted by atomic mass is 19.1. The molecule has 5 nitrogen and oxygen atoms in total. The monoisotopic (exact) mass is 368 g/mol. The van der Waals surface area contributed by atoms with Crippen LogP contribution in [0.2, 0.25) is 0 Å². The Kier molecular flexibility index (Phi) is 5.64. The second kappa shape index (κ2) is 8.12. The third-order valence-corrected chi connectivity index (χ3v) is 4.78. The minimum absolute atomic E-state index is 0.0567. The summed E-state index contributed by atoms with van der Waals surface area (Å²) in [6.45, 7) is 2.43. The smallest absolute Gasteiger partial charge is 0.253 e. The van der Waals surface area contributed by atoms with E-state index in [-0.39, 0.29) is 29.3 Å². The third-order valence-electron chi connectivity index (χ3n) is 4.78. The van der Waals surface area contributed by atoms with Gasteiger partial charge in [-0.3, -0.25) is 14.4 Å². The number of hydrogen-bond donors (Lipinski definition) is 1. The number of benzene rings is 2. The lowest BCUT2D eigenvalue weighted by Gasteiger charge is -2.31. The van der Waals surface area contributed by atoms with E-state index in [0.717, 1.165) is 0 Å². The van der Waals surface area contributed by atoms with Crippen LogP contribution in [0.4, 0.5) is 10.1 Å². The van der Waals surface area contributed by atoms with E-state index in [2.05, 4.69) is 5.32 Å². The van der Waals surface area contributed by atoms with Crippen LogP contribution < -0.4 is 5.32 Å². The maximum absolute atomic E-state index is 13.0. The molecule has 0 bridgehead atoms. The molecule has 0 spiro atoms. The second-order valence-corrected chi connectivity index (χ2v) is 6.70. The maximum atomic E-state index is 13.0. The van der Waals surface area contributed by atoms with Gasteiger partial charge in [0.25, 0.3) is 5.91 Å². The minimum Gasteiger partial charge on any atom is -0.339 e. The molecule has 0 atom stereocenters. The molecule has 0 unspecified atom stereocenters. The van der Waals surface area contributed by atoms with Crippen molar-refractivity contribution in [3.8, 4) is 0 Å². The van der Waals surface area contributed by atoms with Crippen molar-refractivity contribution in [1.29, 1.82) is 0 Å². The number of halogens is 1. The average Bonchev–Trinajstić information content (AvgIpc) is 2.68. The molecule has 3 rings (SSSR count). The molecule has 0 aliphatic carbocycles. The van der Waals surface area contributed by atoms with Gasteiger partial charge in [-0.15, -0.1) is 0 Å². The summed E-state index contributed by atoms with van der Waals surface area (Å²) < 4.78 is 13.0. The van der Waals surface area contributed by atoms with Crippen molar-refractivity contribution in [3.05, 3.63) is 65.5 Å². The molecular weight excluding hydrogens is 347 g/mol. The fourth-order valence-corrected chi connectivity index (χ4v) is 3.18. The lowest BCUT2D eigenvalue weighted by atomic mass is 9.95. The normalized spacial score (nSPS) is 14.7. The Morgan fingerprint density at radius 3 is 2.30 bits per heavy atom. The van der Waals surface area contributed by atoms with E-state index in [4.69, 9.17) is 0 Å². The van der Waals surface area contributed by atoms with Gasteiger partial charge in [0.1, 0.15) is 5.82 Å². The topological polar surface area (TPSA) is 66.5 Å². The molecule has 1 aliphatic rings. The third kappa shape index (κ3) is 4.58. The van der Waals surface area contributed by atoms with Gasteiger partial charge in [0.15, 0.2) is 5.78 Å². The number of likely N-dealkylation sites (tertiary alicyclic amines) is 1. The highest BCUT2D eigenvalue weighted by molar-refractivity contribution is 5.98.